The maximum atomic E-state index is 10.0. The molecule has 0 aromatic heterocycles. The minimum atomic E-state index is -0.931. The molecule has 1 rings (SSSR count). The summed E-state index contributed by atoms with van der Waals surface area (Å²) in [6.45, 7) is 5.83. The van der Waals surface area contributed by atoms with Crippen LogP contribution in [0.25, 0.3) is 0 Å². The Morgan fingerprint density at radius 3 is 1.83 bits per heavy atom. The lowest BCUT2D eigenvalue weighted by Gasteiger charge is -2.07. The van der Waals surface area contributed by atoms with Gasteiger partial charge in [-0.3, -0.25) is 4.79 Å². The SMILES string of the molecule is CC(C)C(N)C(=O)O.CC1CC1. The average molecular weight is 173 g/mol. The molecule has 0 aromatic carbocycles. The van der Waals surface area contributed by atoms with E-state index in [0.29, 0.717) is 0 Å². The highest BCUT2D eigenvalue weighted by atomic mass is 16.4. The molecule has 0 aliphatic heterocycles. The van der Waals surface area contributed by atoms with Gasteiger partial charge in [0.1, 0.15) is 6.04 Å². The average Bonchev–Trinajstić information content (AvgIpc) is 2.71. The van der Waals surface area contributed by atoms with Crippen LogP contribution < -0.4 is 5.73 Å². The Hall–Kier alpha value is -0.570. The van der Waals surface area contributed by atoms with Gasteiger partial charge in [0.15, 0.2) is 0 Å². The van der Waals surface area contributed by atoms with Gasteiger partial charge in [-0.1, -0.05) is 33.6 Å². The van der Waals surface area contributed by atoms with Crippen LogP contribution in [-0.2, 0) is 4.79 Å². The summed E-state index contributed by atoms with van der Waals surface area (Å²) in [5, 5.41) is 8.23. The van der Waals surface area contributed by atoms with Crippen LogP contribution in [0, 0.1) is 11.8 Å². The van der Waals surface area contributed by atoms with Crippen LogP contribution in [0.3, 0.4) is 0 Å². The summed E-state index contributed by atoms with van der Waals surface area (Å²) < 4.78 is 0. The molecule has 0 aromatic rings. The molecule has 1 aliphatic carbocycles. The molecule has 72 valence electrons. The van der Waals surface area contributed by atoms with Crippen molar-refractivity contribution in [1.82, 2.24) is 0 Å². The molecular formula is C9H19NO2. The topological polar surface area (TPSA) is 63.3 Å². The van der Waals surface area contributed by atoms with E-state index in [1.54, 1.807) is 13.8 Å². The summed E-state index contributed by atoms with van der Waals surface area (Å²) in [5.74, 6) is 0.174. The van der Waals surface area contributed by atoms with Crippen LogP contribution in [0.5, 0.6) is 0 Å². The van der Waals surface area contributed by atoms with Crippen molar-refractivity contribution < 1.29 is 9.90 Å². The van der Waals surface area contributed by atoms with Crippen molar-refractivity contribution in [2.75, 3.05) is 0 Å². The number of carbonyl (C=O) groups is 1. The van der Waals surface area contributed by atoms with E-state index in [0.717, 1.165) is 5.92 Å². The highest BCUT2D eigenvalue weighted by Crippen LogP contribution is 2.26. The highest BCUT2D eigenvalue weighted by Gasteiger charge is 2.14. The van der Waals surface area contributed by atoms with Crippen molar-refractivity contribution in [2.45, 2.75) is 39.7 Å². The van der Waals surface area contributed by atoms with E-state index in [2.05, 4.69) is 6.92 Å². The molecule has 3 heteroatoms. The van der Waals surface area contributed by atoms with Crippen LogP contribution >= 0.6 is 0 Å². The molecule has 0 radical (unpaired) electrons. The van der Waals surface area contributed by atoms with Gasteiger partial charge in [0.05, 0.1) is 0 Å². The zero-order chi connectivity index (χ0) is 9.72. The standard InChI is InChI=1S/C5H11NO2.C4H8/c1-3(2)4(6)5(7)8;1-4-2-3-4/h3-4H,6H2,1-2H3,(H,7,8);4H,2-3H2,1H3. The first kappa shape index (κ1) is 11.4. The van der Waals surface area contributed by atoms with Crippen molar-refractivity contribution in [1.29, 1.82) is 0 Å². The first-order chi connectivity index (χ1) is 5.45. The zero-order valence-electron chi connectivity index (χ0n) is 8.08. The monoisotopic (exact) mass is 173 g/mol. The van der Waals surface area contributed by atoms with Gasteiger partial charge in [0.2, 0.25) is 0 Å². The van der Waals surface area contributed by atoms with Gasteiger partial charge in [-0.15, -0.1) is 0 Å². The maximum absolute atomic E-state index is 10.0. The van der Waals surface area contributed by atoms with Gasteiger partial charge in [-0.05, 0) is 11.8 Å². The van der Waals surface area contributed by atoms with Crippen LogP contribution in [0.15, 0.2) is 0 Å². The molecule has 0 bridgehead atoms. The Bertz CT molecular complexity index is 141. The highest BCUT2D eigenvalue weighted by molar-refractivity contribution is 5.73. The third-order valence-corrected chi connectivity index (χ3v) is 1.87. The fraction of sp³-hybridized carbons (Fsp3) is 0.889. The molecule has 1 unspecified atom stereocenters. The van der Waals surface area contributed by atoms with E-state index in [4.69, 9.17) is 10.8 Å². The number of carboxylic acid groups (broad SMARTS) is 1. The van der Waals surface area contributed by atoms with E-state index < -0.39 is 12.0 Å². The van der Waals surface area contributed by atoms with Gasteiger partial charge in [0.25, 0.3) is 0 Å². The van der Waals surface area contributed by atoms with E-state index in [9.17, 15) is 4.79 Å². The number of carboxylic acids is 1. The van der Waals surface area contributed by atoms with Gasteiger partial charge in [-0.25, -0.2) is 0 Å². The molecule has 0 spiro atoms. The van der Waals surface area contributed by atoms with Crippen molar-refractivity contribution in [3.8, 4) is 0 Å². The minimum Gasteiger partial charge on any atom is -0.480 e. The first-order valence-corrected chi connectivity index (χ1v) is 4.43. The third kappa shape index (κ3) is 6.16. The van der Waals surface area contributed by atoms with Crippen LogP contribution in [0.2, 0.25) is 0 Å². The lowest BCUT2D eigenvalue weighted by molar-refractivity contribution is -0.139. The molecule has 1 atom stereocenters. The normalized spacial score (nSPS) is 18.1. The molecule has 3 nitrogen and oxygen atoms in total. The summed E-state index contributed by atoms with van der Waals surface area (Å²) in [4.78, 5) is 10.0. The molecule has 1 fully saturated rings. The fourth-order valence-corrected chi connectivity index (χ4v) is 0.452. The molecule has 0 amide bonds. The quantitative estimate of drug-likeness (QED) is 0.664. The molecule has 3 N–H and O–H groups in total. The Morgan fingerprint density at radius 1 is 1.50 bits per heavy atom. The second-order valence-electron chi connectivity index (χ2n) is 3.79. The van der Waals surface area contributed by atoms with Crippen LogP contribution in [0.4, 0.5) is 0 Å². The molecule has 0 heterocycles. The Balaban J connectivity index is 0.000000247. The predicted molar refractivity (Wildman–Crippen MR) is 48.8 cm³/mol. The maximum Gasteiger partial charge on any atom is 0.320 e. The van der Waals surface area contributed by atoms with Crippen molar-refractivity contribution >= 4 is 5.97 Å². The largest absolute Gasteiger partial charge is 0.480 e. The Labute approximate surface area is 74.0 Å². The van der Waals surface area contributed by atoms with Crippen molar-refractivity contribution in [3.63, 3.8) is 0 Å². The number of aliphatic carboxylic acids is 1. The first-order valence-electron chi connectivity index (χ1n) is 4.43. The second-order valence-corrected chi connectivity index (χ2v) is 3.79. The van der Waals surface area contributed by atoms with E-state index in [1.807, 2.05) is 0 Å². The smallest absolute Gasteiger partial charge is 0.320 e. The lowest BCUT2D eigenvalue weighted by Crippen LogP contribution is -2.34. The van der Waals surface area contributed by atoms with E-state index in [-0.39, 0.29) is 5.92 Å². The van der Waals surface area contributed by atoms with Crippen molar-refractivity contribution in [2.24, 2.45) is 17.6 Å². The fourth-order valence-electron chi connectivity index (χ4n) is 0.452. The van der Waals surface area contributed by atoms with E-state index >= 15 is 0 Å². The summed E-state index contributed by atoms with van der Waals surface area (Å²) in [6.07, 6.45) is 2.97. The summed E-state index contributed by atoms with van der Waals surface area (Å²) in [6, 6.07) is -0.713. The Morgan fingerprint density at radius 2 is 1.83 bits per heavy atom. The number of nitrogens with two attached hydrogens (primary N) is 1. The summed E-state index contributed by atoms with van der Waals surface area (Å²) in [5.41, 5.74) is 5.16. The molecule has 1 aliphatic rings. The van der Waals surface area contributed by atoms with Gasteiger partial charge >= 0.3 is 5.97 Å². The number of hydrogen-bond donors (Lipinski definition) is 2. The lowest BCUT2D eigenvalue weighted by atomic mass is 10.1. The minimum absolute atomic E-state index is 0.0208. The molecular weight excluding hydrogens is 154 g/mol. The predicted octanol–water partition coefficient (Wildman–Crippen LogP) is 1.47. The molecule has 12 heavy (non-hydrogen) atoms. The summed E-state index contributed by atoms with van der Waals surface area (Å²) >= 11 is 0. The number of hydrogen-bond acceptors (Lipinski definition) is 2. The second kappa shape index (κ2) is 5.14. The van der Waals surface area contributed by atoms with Crippen molar-refractivity contribution in [3.05, 3.63) is 0 Å². The zero-order valence-corrected chi connectivity index (χ0v) is 8.08. The Kier molecular flexibility index (Phi) is 4.90. The molecule has 0 saturated heterocycles. The summed E-state index contributed by atoms with van der Waals surface area (Å²) in [7, 11) is 0. The van der Waals surface area contributed by atoms with Gasteiger partial charge < -0.3 is 10.8 Å². The van der Waals surface area contributed by atoms with Crippen LogP contribution in [0.1, 0.15) is 33.6 Å². The van der Waals surface area contributed by atoms with E-state index in [1.165, 1.54) is 12.8 Å². The van der Waals surface area contributed by atoms with Gasteiger partial charge in [-0.2, -0.15) is 0 Å². The van der Waals surface area contributed by atoms with Crippen LogP contribution in [-0.4, -0.2) is 17.1 Å². The molecule has 1 saturated carbocycles. The third-order valence-electron chi connectivity index (χ3n) is 1.87. The van der Waals surface area contributed by atoms with Gasteiger partial charge in [0, 0.05) is 0 Å². The number of rotatable bonds is 2.